The maximum atomic E-state index is 5.76. The number of nitrogens with two attached hydrogens (primary N) is 1. The Labute approximate surface area is 119 Å². The lowest BCUT2D eigenvalue weighted by atomic mass is 9.87. The molecular weight excluding hydrogens is 254 g/mol. The highest BCUT2D eigenvalue weighted by atomic mass is 32.2. The summed E-state index contributed by atoms with van der Waals surface area (Å²) in [6.45, 7) is 0.790. The highest BCUT2D eigenvalue weighted by molar-refractivity contribution is 7.99. The van der Waals surface area contributed by atoms with Crippen molar-refractivity contribution in [3.63, 3.8) is 0 Å². The molecule has 3 rings (SSSR count). The number of nitrogens with zero attached hydrogens (tertiary/aromatic N) is 2. The van der Waals surface area contributed by atoms with Crippen LogP contribution in [0, 0.1) is 5.92 Å². The minimum atomic E-state index is 0.634. The molecule has 0 saturated heterocycles. The van der Waals surface area contributed by atoms with E-state index in [0.29, 0.717) is 5.92 Å². The number of thioether (sulfide) groups is 1. The van der Waals surface area contributed by atoms with Gasteiger partial charge in [0.25, 0.3) is 0 Å². The molecule has 1 unspecified atom stereocenters. The number of hydrogen-bond donors (Lipinski definition) is 1. The van der Waals surface area contributed by atoms with Gasteiger partial charge in [-0.2, -0.15) is 11.8 Å². The van der Waals surface area contributed by atoms with Gasteiger partial charge in [0.1, 0.15) is 5.82 Å². The van der Waals surface area contributed by atoms with E-state index in [4.69, 9.17) is 10.7 Å². The van der Waals surface area contributed by atoms with Crippen molar-refractivity contribution in [2.45, 2.75) is 55.9 Å². The van der Waals surface area contributed by atoms with Gasteiger partial charge in [-0.05, 0) is 50.1 Å². The predicted octanol–water partition coefficient (Wildman–Crippen LogP) is 2.72. The van der Waals surface area contributed by atoms with Crippen LogP contribution >= 0.6 is 11.8 Å². The normalized spacial score (nSPS) is 23.5. The van der Waals surface area contributed by atoms with E-state index in [2.05, 4.69) is 11.2 Å². The molecule has 1 atom stereocenters. The van der Waals surface area contributed by atoms with E-state index in [1.807, 2.05) is 11.8 Å². The lowest BCUT2D eigenvalue weighted by molar-refractivity contribution is 0.460. The molecule has 1 aromatic heterocycles. The zero-order valence-corrected chi connectivity index (χ0v) is 12.3. The van der Waals surface area contributed by atoms with Crippen LogP contribution in [-0.4, -0.2) is 21.8 Å². The van der Waals surface area contributed by atoms with Crippen LogP contribution in [0.4, 0.5) is 0 Å². The first-order chi connectivity index (χ1) is 9.35. The van der Waals surface area contributed by atoms with E-state index in [0.717, 1.165) is 36.2 Å². The van der Waals surface area contributed by atoms with Crippen molar-refractivity contribution in [3.05, 3.63) is 23.3 Å². The highest BCUT2D eigenvalue weighted by Gasteiger charge is 2.20. The Bertz CT molecular complexity index is 429. The van der Waals surface area contributed by atoms with Gasteiger partial charge in [-0.3, -0.25) is 0 Å². The third-order valence-electron chi connectivity index (χ3n) is 4.39. The molecule has 2 N–H and O–H groups in total. The van der Waals surface area contributed by atoms with Gasteiger partial charge >= 0.3 is 0 Å². The minimum Gasteiger partial charge on any atom is -0.330 e. The van der Waals surface area contributed by atoms with E-state index in [1.54, 1.807) is 0 Å². The Morgan fingerprint density at radius 3 is 2.89 bits per heavy atom. The molecule has 19 heavy (non-hydrogen) atoms. The monoisotopic (exact) mass is 277 g/mol. The van der Waals surface area contributed by atoms with Crippen molar-refractivity contribution in [3.8, 4) is 0 Å². The van der Waals surface area contributed by atoms with Gasteiger partial charge in [0.2, 0.25) is 0 Å². The zero-order chi connectivity index (χ0) is 13.1. The third kappa shape index (κ3) is 3.29. The van der Waals surface area contributed by atoms with Crippen molar-refractivity contribution in [1.29, 1.82) is 0 Å². The molecule has 0 aliphatic heterocycles. The summed E-state index contributed by atoms with van der Waals surface area (Å²) in [6, 6.07) is 0. The number of fused-ring (bicyclic) bond motifs is 1. The fraction of sp³-hybridized carbons (Fsp3) is 0.733. The van der Waals surface area contributed by atoms with E-state index >= 15 is 0 Å². The van der Waals surface area contributed by atoms with Crippen LogP contribution in [0.3, 0.4) is 0 Å². The summed E-state index contributed by atoms with van der Waals surface area (Å²) < 4.78 is 0. The summed E-state index contributed by atoms with van der Waals surface area (Å²) in [5, 5.41) is 0.848. The second kappa shape index (κ2) is 6.23. The Balaban J connectivity index is 1.61. The molecule has 2 aliphatic rings. The SMILES string of the molecule is NCC1CCc2nc(CSC3CCCC3)ncc2C1. The number of aromatic nitrogens is 2. The molecule has 1 saturated carbocycles. The van der Waals surface area contributed by atoms with E-state index in [9.17, 15) is 0 Å². The van der Waals surface area contributed by atoms with E-state index in [-0.39, 0.29) is 0 Å². The topological polar surface area (TPSA) is 51.8 Å². The maximum Gasteiger partial charge on any atom is 0.138 e. The lowest BCUT2D eigenvalue weighted by Crippen LogP contribution is -2.23. The Morgan fingerprint density at radius 2 is 2.11 bits per heavy atom. The first-order valence-electron chi connectivity index (χ1n) is 7.50. The second-order valence-electron chi connectivity index (χ2n) is 5.82. The molecule has 104 valence electrons. The molecule has 4 heteroatoms. The smallest absolute Gasteiger partial charge is 0.138 e. The second-order valence-corrected chi connectivity index (χ2v) is 7.11. The largest absolute Gasteiger partial charge is 0.330 e. The van der Waals surface area contributed by atoms with Crippen LogP contribution in [0.2, 0.25) is 0 Å². The van der Waals surface area contributed by atoms with E-state index < -0.39 is 0 Å². The average molecular weight is 277 g/mol. The van der Waals surface area contributed by atoms with Gasteiger partial charge in [0, 0.05) is 17.1 Å². The van der Waals surface area contributed by atoms with Crippen LogP contribution in [-0.2, 0) is 18.6 Å². The van der Waals surface area contributed by atoms with Gasteiger partial charge in [0.05, 0.1) is 5.75 Å². The molecule has 3 nitrogen and oxygen atoms in total. The molecule has 0 radical (unpaired) electrons. The van der Waals surface area contributed by atoms with Gasteiger partial charge in [0.15, 0.2) is 0 Å². The summed E-state index contributed by atoms with van der Waals surface area (Å²) in [4.78, 5) is 9.32. The standard InChI is InChI=1S/C15H23N3S/c16-8-11-5-6-14-12(7-11)9-17-15(18-14)10-19-13-3-1-2-4-13/h9,11,13H,1-8,10,16H2. The first kappa shape index (κ1) is 13.4. The van der Waals surface area contributed by atoms with Crippen molar-refractivity contribution < 1.29 is 0 Å². The summed E-state index contributed by atoms with van der Waals surface area (Å²) in [5.41, 5.74) is 8.37. The molecule has 1 heterocycles. The molecular formula is C15H23N3S. The van der Waals surface area contributed by atoms with Crippen molar-refractivity contribution >= 4 is 11.8 Å². The fourth-order valence-corrected chi connectivity index (χ4v) is 4.33. The van der Waals surface area contributed by atoms with Crippen LogP contribution in [0.5, 0.6) is 0 Å². The van der Waals surface area contributed by atoms with Crippen molar-refractivity contribution in [1.82, 2.24) is 9.97 Å². The Hall–Kier alpha value is -0.610. The molecule has 2 aliphatic carbocycles. The van der Waals surface area contributed by atoms with Crippen molar-refractivity contribution in [2.75, 3.05) is 6.54 Å². The average Bonchev–Trinajstić information content (AvgIpc) is 2.97. The molecule has 1 fully saturated rings. The lowest BCUT2D eigenvalue weighted by Gasteiger charge is -2.22. The Kier molecular flexibility index (Phi) is 4.38. The van der Waals surface area contributed by atoms with Crippen LogP contribution in [0.15, 0.2) is 6.20 Å². The third-order valence-corrected chi connectivity index (χ3v) is 5.75. The van der Waals surface area contributed by atoms with Gasteiger partial charge in [-0.25, -0.2) is 9.97 Å². The summed E-state index contributed by atoms with van der Waals surface area (Å²) in [6.07, 6.45) is 11.0. The maximum absolute atomic E-state index is 5.76. The summed E-state index contributed by atoms with van der Waals surface area (Å²) >= 11 is 2.05. The molecule has 0 aromatic carbocycles. The van der Waals surface area contributed by atoms with Crippen LogP contribution in [0.25, 0.3) is 0 Å². The van der Waals surface area contributed by atoms with Gasteiger partial charge in [-0.15, -0.1) is 0 Å². The highest BCUT2D eigenvalue weighted by Crippen LogP contribution is 2.31. The molecule has 0 amide bonds. The number of aryl methyl sites for hydroxylation is 1. The first-order valence-corrected chi connectivity index (χ1v) is 8.55. The number of rotatable bonds is 4. The van der Waals surface area contributed by atoms with Gasteiger partial charge < -0.3 is 5.73 Å². The molecule has 0 spiro atoms. The number of hydrogen-bond acceptors (Lipinski definition) is 4. The minimum absolute atomic E-state index is 0.634. The molecule has 1 aromatic rings. The quantitative estimate of drug-likeness (QED) is 0.919. The summed E-state index contributed by atoms with van der Waals surface area (Å²) in [7, 11) is 0. The van der Waals surface area contributed by atoms with Crippen molar-refractivity contribution in [2.24, 2.45) is 11.7 Å². The Morgan fingerprint density at radius 1 is 1.26 bits per heavy atom. The predicted molar refractivity (Wildman–Crippen MR) is 80.2 cm³/mol. The fourth-order valence-electron chi connectivity index (χ4n) is 3.14. The summed E-state index contributed by atoms with van der Waals surface area (Å²) in [5.74, 6) is 2.65. The van der Waals surface area contributed by atoms with Crippen LogP contribution in [0.1, 0.15) is 49.2 Å². The van der Waals surface area contributed by atoms with Gasteiger partial charge in [-0.1, -0.05) is 12.8 Å². The van der Waals surface area contributed by atoms with Crippen LogP contribution < -0.4 is 5.73 Å². The van der Waals surface area contributed by atoms with E-state index in [1.165, 1.54) is 43.4 Å². The molecule has 0 bridgehead atoms. The zero-order valence-electron chi connectivity index (χ0n) is 11.5.